The number of halogens is 3. The van der Waals surface area contributed by atoms with Gasteiger partial charge in [0.15, 0.2) is 12.1 Å². The van der Waals surface area contributed by atoms with Gasteiger partial charge in [0.25, 0.3) is 6.02 Å². The standard InChI is InChI=1S/C11H12ClF2N3O/c1-10(7-4-6(15)2-3-8(7)12)11(13,14)5-18-9(16)17-10/h2-4H,5,15H2,1H3,(H2,16,17). The Hall–Kier alpha value is -1.56. The second kappa shape index (κ2) is 3.98. The molecule has 0 radical (unpaired) electrons. The third-order valence-electron chi connectivity index (χ3n) is 2.96. The molecule has 1 aromatic carbocycles. The lowest BCUT2D eigenvalue weighted by atomic mass is 9.85. The number of benzene rings is 1. The van der Waals surface area contributed by atoms with Gasteiger partial charge in [0, 0.05) is 16.3 Å². The number of ether oxygens (including phenoxy) is 1. The van der Waals surface area contributed by atoms with Gasteiger partial charge in [0.2, 0.25) is 0 Å². The average molecular weight is 276 g/mol. The number of rotatable bonds is 1. The van der Waals surface area contributed by atoms with Crippen LogP contribution in [0.5, 0.6) is 0 Å². The molecule has 4 N–H and O–H groups in total. The summed E-state index contributed by atoms with van der Waals surface area (Å²) in [5.74, 6) is -3.23. The molecule has 0 aliphatic carbocycles. The number of hydrogen-bond donors (Lipinski definition) is 2. The molecule has 0 amide bonds. The molecular formula is C11H12ClF2N3O. The Morgan fingerprint density at radius 3 is 2.72 bits per heavy atom. The minimum Gasteiger partial charge on any atom is -0.459 e. The number of hydrogen-bond acceptors (Lipinski definition) is 4. The molecule has 98 valence electrons. The lowest BCUT2D eigenvalue weighted by Crippen LogP contribution is -2.51. The van der Waals surface area contributed by atoms with Crippen molar-refractivity contribution >= 4 is 23.3 Å². The molecule has 0 spiro atoms. The lowest BCUT2D eigenvalue weighted by molar-refractivity contribution is -0.116. The van der Waals surface area contributed by atoms with E-state index in [9.17, 15) is 8.78 Å². The SMILES string of the molecule is CC1(c2cc(N)ccc2Cl)N=C(N)OCC1(F)F. The Morgan fingerprint density at radius 2 is 2.06 bits per heavy atom. The number of alkyl halides is 2. The van der Waals surface area contributed by atoms with E-state index in [1.54, 1.807) is 0 Å². The van der Waals surface area contributed by atoms with Crippen LogP contribution in [-0.4, -0.2) is 18.6 Å². The van der Waals surface area contributed by atoms with Gasteiger partial charge in [0.05, 0.1) is 0 Å². The molecule has 0 bridgehead atoms. The second-order valence-corrected chi connectivity index (χ2v) is 4.66. The second-order valence-electron chi connectivity index (χ2n) is 4.25. The first-order valence-corrected chi connectivity index (χ1v) is 5.55. The number of nitrogens with two attached hydrogens (primary N) is 2. The molecule has 1 heterocycles. The number of anilines is 1. The monoisotopic (exact) mass is 275 g/mol. The zero-order valence-electron chi connectivity index (χ0n) is 9.58. The van der Waals surface area contributed by atoms with Gasteiger partial charge in [-0.25, -0.2) is 4.99 Å². The van der Waals surface area contributed by atoms with E-state index in [1.807, 2.05) is 0 Å². The summed E-state index contributed by atoms with van der Waals surface area (Å²) in [7, 11) is 0. The van der Waals surface area contributed by atoms with Crippen LogP contribution in [0.4, 0.5) is 14.5 Å². The number of amidine groups is 1. The van der Waals surface area contributed by atoms with E-state index in [0.29, 0.717) is 5.69 Å². The van der Waals surface area contributed by atoms with Crippen molar-refractivity contribution in [3.8, 4) is 0 Å². The van der Waals surface area contributed by atoms with E-state index in [0.717, 1.165) is 0 Å². The summed E-state index contributed by atoms with van der Waals surface area (Å²) >= 11 is 5.95. The summed E-state index contributed by atoms with van der Waals surface area (Å²) in [6, 6.07) is 4.06. The fraction of sp³-hybridized carbons (Fsp3) is 0.364. The molecule has 7 heteroatoms. The molecule has 1 aromatic rings. The van der Waals surface area contributed by atoms with Gasteiger partial charge in [0.1, 0.15) is 0 Å². The lowest BCUT2D eigenvalue weighted by Gasteiger charge is -2.37. The summed E-state index contributed by atoms with van der Waals surface area (Å²) in [5, 5.41) is 0.157. The highest BCUT2D eigenvalue weighted by atomic mass is 35.5. The minimum atomic E-state index is -3.23. The van der Waals surface area contributed by atoms with Crippen LogP contribution in [0.25, 0.3) is 0 Å². The molecular weight excluding hydrogens is 264 g/mol. The van der Waals surface area contributed by atoms with Crippen LogP contribution in [0.1, 0.15) is 12.5 Å². The predicted molar refractivity (Wildman–Crippen MR) is 65.7 cm³/mol. The molecule has 0 fully saturated rings. The van der Waals surface area contributed by atoms with E-state index >= 15 is 0 Å². The topological polar surface area (TPSA) is 73.6 Å². The van der Waals surface area contributed by atoms with Gasteiger partial charge < -0.3 is 16.2 Å². The molecule has 1 aliphatic rings. The first-order valence-electron chi connectivity index (χ1n) is 5.18. The zero-order valence-corrected chi connectivity index (χ0v) is 10.3. The third kappa shape index (κ3) is 1.86. The maximum atomic E-state index is 14.0. The highest BCUT2D eigenvalue weighted by Gasteiger charge is 2.56. The Labute approximate surface area is 108 Å². The molecule has 4 nitrogen and oxygen atoms in total. The van der Waals surface area contributed by atoms with Crippen LogP contribution < -0.4 is 11.5 Å². The van der Waals surface area contributed by atoms with E-state index in [-0.39, 0.29) is 16.6 Å². The fourth-order valence-corrected chi connectivity index (χ4v) is 2.11. The predicted octanol–water partition coefficient (Wildman–Crippen LogP) is 2.12. The van der Waals surface area contributed by atoms with Crippen molar-refractivity contribution in [3.05, 3.63) is 28.8 Å². The van der Waals surface area contributed by atoms with Crippen LogP contribution in [0.3, 0.4) is 0 Å². The summed E-state index contributed by atoms with van der Waals surface area (Å²) in [4.78, 5) is 3.72. The first-order chi connectivity index (χ1) is 8.26. The molecule has 2 rings (SSSR count). The summed E-state index contributed by atoms with van der Waals surface area (Å²) in [5.41, 5.74) is 9.54. The van der Waals surface area contributed by atoms with Gasteiger partial charge in [-0.05, 0) is 25.1 Å². The Balaban J connectivity index is 2.65. The summed E-state index contributed by atoms with van der Waals surface area (Å²) < 4.78 is 32.7. The van der Waals surface area contributed by atoms with E-state index < -0.39 is 18.1 Å². The van der Waals surface area contributed by atoms with Crippen molar-refractivity contribution in [3.63, 3.8) is 0 Å². The molecule has 0 aromatic heterocycles. The Morgan fingerprint density at radius 1 is 1.39 bits per heavy atom. The summed E-state index contributed by atoms with van der Waals surface area (Å²) in [6.45, 7) is 0.410. The van der Waals surface area contributed by atoms with Gasteiger partial charge in [-0.1, -0.05) is 11.6 Å². The van der Waals surface area contributed by atoms with Crippen molar-refractivity contribution in [2.45, 2.75) is 18.4 Å². The van der Waals surface area contributed by atoms with Crippen molar-refractivity contribution < 1.29 is 13.5 Å². The summed E-state index contributed by atoms with van der Waals surface area (Å²) in [6.07, 6.45) is 0. The highest BCUT2D eigenvalue weighted by Crippen LogP contribution is 2.46. The zero-order chi connectivity index (χ0) is 13.6. The van der Waals surface area contributed by atoms with Crippen molar-refractivity contribution in [2.75, 3.05) is 12.3 Å². The Kier molecular flexibility index (Phi) is 2.85. The molecule has 18 heavy (non-hydrogen) atoms. The van der Waals surface area contributed by atoms with Crippen LogP contribution in [0.15, 0.2) is 23.2 Å². The first kappa shape index (κ1) is 12.9. The van der Waals surface area contributed by atoms with Crippen molar-refractivity contribution in [1.29, 1.82) is 0 Å². The average Bonchev–Trinajstić information content (AvgIpc) is 2.28. The highest BCUT2D eigenvalue weighted by molar-refractivity contribution is 6.31. The van der Waals surface area contributed by atoms with Gasteiger partial charge >= 0.3 is 5.92 Å². The molecule has 0 saturated carbocycles. The van der Waals surface area contributed by atoms with Crippen LogP contribution in [0.2, 0.25) is 5.02 Å². The third-order valence-corrected chi connectivity index (χ3v) is 3.29. The van der Waals surface area contributed by atoms with Gasteiger partial charge in [-0.3, -0.25) is 0 Å². The van der Waals surface area contributed by atoms with E-state index in [4.69, 9.17) is 23.1 Å². The normalized spacial score (nSPS) is 26.3. The number of nitrogens with zero attached hydrogens (tertiary/aromatic N) is 1. The smallest absolute Gasteiger partial charge is 0.310 e. The minimum absolute atomic E-state index is 0.125. The molecule has 1 unspecified atom stereocenters. The van der Waals surface area contributed by atoms with Crippen LogP contribution >= 0.6 is 11.6 Å². The number of nitrogen functional groups attached to an aromatic ring is 1. The van der Waals surface area contributed by atoms with Gasteiger partial charge in [-0.2, -0.15) is 8.78 Å². The fourth-order valence-electron chi connectivity index (χ4n) is 1.81. The van der Waals surface area contributed by atoms with Crippen LogP contribution in [0, 0.1) is 0 Å². The van der Waals surface area contributed by atoms with Gasteiger partial charge in [-0.15, -0.1) is 0 Å². The molecule has 1 aliphatic heterocycles. The van der Waals surface area contributed by atoms with Crippen LogP contribution in [-0.2, 0) is 10.3 Å². The molecule has 0 saturated heterocycles. The van der Waals surface area contributed by atoms with Crippen molar-refractivity contribution in [2.24, 2.45) is 10.7 Å². The number of aliphatic imine (C=N–C) groups is 1. The maximum Gasteiger partial charge on any atom is 0.310 e. The Bertz CT molecular complexity index is 521. The maximum absolute atomic E-state index is 14.0. The largest absolute Gasteiger partial charge is 0.459 e. The molecule has 1 atom stereocenters. The van der Waals surface area contributed by atoms with E-state index in [2.05, 4.69) is 9.73 Å². The quantitative estimate of drug-likeness (QED) is 0.771. The van der Waals surface area contributed by atoms with Crippen molar-refractivity contribution in [1.82, 2.24) is 0 Å². The van der Waals surface area contributed by atoms with E-state index in [1.165, 1.54) is 25.1 Å².